The van der Waals surface area contributed by atoms with Crippen LogP contribution in [0.2, 0.25) is 0 Å². The van der Waals surface area contributed by atoms with Crippen LogP contribution in [0, 0.1) is 11.8 Å². The fraction of sp³-hybridized carbons (Fsp3) is 0.641. The lowest BCUT2D eigenvalue weighted by atomic mass is 9.70. The molecule has 3 heterocycles. The minimum atomic E-state index is -1.12. The predicted octanol–water partition coefficient (Wildman–Crippen LogP) is 5.02. The summed E-state index contributed by atoms with van der Waals surface area (Å²) in [6, 6.07) is 8.00. The first-order chi connectivity index (χ1) is 23.8. The molecule has 49 heavy (non-hydrogen) atoms. The number of hydrogen-bond donors (Lipinski definition) is 2. The Bertz CT molecular complexity index is 1330. The predicted molar refractivity (Wildman–Crippen MR) is 186 cm³/mol. The van der Waals surface area contributed by atoms with Crippen LogP contribution in [-0.2, 0) is 28.7 Å². The van der Waals surface area contributed by atoms with Crippen molar-refractivity contribution in [3.05, 3.63) is 61.2 Å². The highest BCUT2D eigenvalue weighted by Gasteiger charge is 2.75. The lowest BCUT2D eigenvalue weighted by Gasteiger charge is -2.40. The number of unbranched alkanes of at least 4 members (excludes halogenated alkanes) is 3. The number of fused-ring (bicyclic) bond motifs is 1. The van der Waals surface area contributed by atoms with Crippen LogP contribution >= 0.6 is 0 Å². The Balaban J connectivity index is 1.43. The molecule has 7 atom stereocenters. The highest BCUT2D eigenvalue weighted by atomic mass is 16.6. The Morgan fingerprint density at radius 3 is 2.51 bits per heavy atom. The van der Waals surface area contributed by atoms with E-state index < -0.39 is 47.7 Å². The monoisotopic (exact) mass is 677 g/mol. The lowest BCUT2D eigenvalue weighted by Crippen LogP contribution is -2.58. The second-order valence-corrected chi connectivity index (χ2v) is 14.2. The number of nitrogens with zero attached hydrogens (tertiary/aromatic N) is 2. The van der Waals surface area contributed by atoms with E-state index in [1.165, 1.54) is 0 Å². The number of allylic oxidation sites excluding steroid dienone is 1. The Morgan fingerprint density at radius 1 is 1.08 bits per heavy atom. The van der Waals surface area contributed by atoms with Crippen LogP contribution < -0.4 is 5.32 Å². The zero-order valence-electron chi connectivity index (χ0n) is 29.1. The van der Waals surface area contributed by atoms with E-state index in [9.17, 15) is 24.3 Å². The van der Waals surface area contributed by atoms with Crippen molar-refractivity contribution in [2.24, 2.45) is 11.8 Å². The summed E-state index contributed by atoms with van der Waals surface area (Å²) in [7, 11) is 0. The van der Waals surface area contributed by atoms with Crippen LogP contribution in [0.3, 0.4) is 0 Å². The van der Waals surface area contributed by atoms with Crippen molar-refractivity contribution in [1.29, 1.82) is 0 Å². The van der Waals surface area contributed by atoms with Gasteiger partial charge in [0.2, 0.25) is 17.7 Å². The number of rotatable bonds is 18. The summed E-state index contributed by atoms with van der Waals surface area (Å²) in [5, 5.41) is 12.2. The molecule has 4 fully saturated rings. The number of ether oxygens (including phenoxy) is 2. The summed E-state index contributed by atoms with van der Waals surface area (Å²) in [6.07, 6.45) is 12.1. The standard InChI is InChI=1S/C39H55N3O7/c1-4-6-21-31(44)40-27(3)34(28-17-11-9-12-18-28)48-38(47)32-30-22-23-39(49-30)33(32)36(45)42(25-15-7-8-16-26-43)35(39)37(46)41(24-5-2)29-19-13-10-14-20-29/h4-5,9,11-12,17-18,27,29-30,32-35,43H,1-2,6-8,10,13-16,19-26H2,3H3,(H,40,44)/t27-,30-,32+,33+,34-,35-,39+/m0/s1. The summed E-state index contributed by atoms with van der Waals surface area (Å²) in [5.41, 5.74) is -0.386. The number of hydrogen-bond acceptors (Lipinski definition) is 7. The first-order valence-electron chi connectivity index (χ1n) is 18.4. The van der Waals surface area contributed by atoms with Crippen LogP contribution in [0.25, 0.3) is 0 Å². The highest BCUT2D eigenvalue weighted by Crippen LogP contribution is 2.59. The molecule has 0 unspecified atom stereocenters. The summed E-state index contributed by atoms with van der Waals surface area (Å²) in [6.45, 7) is 10.3. The van der Waals surface area contributed by atoms with Gasteiger partial charge in [-0.15, -0.1) is 13.2 Å². The molecule has 1 aliphatic carbocycles. The molecule has 1 spiro atoms. The number of aliphatic hydroxyl groups is 1. The molecule has 4 aliphatic rings. The topological polar surface area (TPSA) is 125 Å². The molecule has 1 aromatic rings. The van der Waals surface area contributed by atoms with Gasteiger partial charge in [0, 0.05) is 32.2 Å². The summed E-state index contributed by atoms with van der Waals surface area (Å²) in [5.74, 6) is -2.77. The molecule has 1 saturated carbocycles. The second kappa shape index (κ2) is 16.9. The molecular weight excluding hydrogens is 622 g/mol. The van der Waals surface area contributed by atoms with Gasteiger partial charge in [0.05, 0.1) is 24.0 Å². The van der Waals surface area contributed by atoms with Crippen molar-refractivity contribution in [1.82, 2.24) is 15.1 Å². The van der Waals surface area contributed by atoms with Gasteiger partial charge in [-0.2, -0.15) is 0 Å². The smallest absolute Gasteiger partial charge is 0.313 e. The van der Waals surface area contributed by atoms with Crippen molar-refractivity contribution >= 4 is 23.7 Å². The maximum Gasteiger partial charge on any atom is 0.313 e. The Labute approximate surface area is 291 Å². The molecule has 3 aliphatic heterocycles. The zero-order valence-corrected chi connectivity index (χ0v) is 29.1. The molecule has 3 saturated heterocycles. The molecule has 5 rings (SSSR count). The summed E-state index contributed by atoms with van der Waals surface area (Å²) in [4.78, 5) is 59.9. The fourth-order valence-electron chi connectivity index (χ4n) is 8.74. The number of nitrogens with one attached hydrogen (secondary N) is 1. The average molecular weight is 678 g/mol. The second-order valence-electron chi connectivity index (χ2n) is 14.2. The minimum absolute atomic E-state index is 0.0744. The van der Waals surface area contributed by atoms with E-state index in [-0.39, 0.29) is 36.8 Å². The van der Waals surface area contributed by atoms with Gasteiger partial charge >= 0.3 is 5.97 Å². The molecule has 0 aromatic heterocycles. The summed E-state index contributed by atoms with van der Waals surface area (Å²) >= 11 is 0. The van der Waals surface area contributed by atoms with Gasteiger partial charge in [-0.05, 0) is 57.4 Å². The number of esters is 1. The van der Waals surface area contributed by atoms with Gasteiger partial charge in [0.25, 0.3) is 0 Å². The fourth-order valence-corrected chi connectivity index (χ4v) is 8.74. The van der Waals surface area contributed by atoms with Gasteiger partial charge in [-0.3, -0.25) is 19.2 Å². The molecule has 2 N–H and O–H groups in total. The van der Waals surface area contributed by atoms with Crippen LogP contribution in [0.1, 0.15) is 102 Å². The number of benzene rings is 1. The van der Waals surface area contributed by atoms with Gasteiger partial charge in [0.1, 0.15) is 17.7 Å². The van der Waals surface area contributed by atoms with Gasteiger partial charge in [-0.1, -0.05) is 74.6 Å². The first-order valence-corrected chi connectivity index (χ1v) is 18.4. The van der Waals surface area contributed by atoms with Crippen molar-refractivity contribution in [3.8, 4) is 0 Å². The summed E-state index contributed by atoms with van der Waals surface area (Å²) < 4.78 is 13.0. The molecule has 10 heteroatoms. The maximum atomic E-state index is 14.8. The molecular formula is C39H55N3O7. The molecule has 2 bridgehead atoms. The van der Waals surface area contributed by atoms with E-state index in [4.69, 9.17) is 9.47 Å². The zero-order chi connectivity index (χ0) is 35.0. The van der Waals surface area contributed by atoms with Gasteiger partial charge < -0.3 is 29.7 Å². The largest absolute Gasteiger partial charge is 0.455 e. The van der Waals surface area contributed by atoms with Crippen molar-refractivity contribution in [2.75, 3.05) is 19.7 Å². The number of amides is 3. The Kier molecular flexibility index (Phi) is 12.7. The van der Waals surface area contributed by atoms with Crippen LogP contribution in [0.4, 0.5) is 0 Å². The maximum absolute atomic E-state index is 14.8. The van der Waals surface area contributed by atoms with Gasteiger partial charge in [-0.25, -0.2) is 0 Å². The third-order valence-electron chi connectivity index (χ3n) is 11.0. The number of likely N-dealkylation sites (tertiary alicyclic amines) is 1. The van der Waals surface area contributed by atoms with E-state index in [1.807, 2.05) is 42.2 Å². The minimum Gasteiger partial charge on any atom is -0.455 e. The third-order valence-corrected chi connectivity index (χ3v) is 11.0. The number of carbonyl (C=O) groups is 4. The Morgan fingerprint density at radius 2 is 1.82 bits per heavy atom. The van der Waals surface area contributed by atoms with E-state index in [0.29, 0.717) is 45.2 Å². The van der Waals surface area contributed by atoms with Crippen LogP contribution in [0.5, 0.6) is 0 Å². The molecule has 1 aromatic carbocycles. The molecule has 268 valence electrons. The normalized spacial score (nSPS) is 27.3. The van der Waals surface area contributed by atoms with Crippen LogP contribution in [0.15, 0.2) is 55.6 Å². The SMILES string of the molecule is C=CCCC(=O)N[C@@H](C)[C@H](OC(=O)[C@@H]1[C@@H]2CC[C@]3(O2)[C@H](C(=O)N(CC=C)C2CCCCC2)N(CCCCCCO)C(=O)[C@@H]13)c1ccccc1. The highest BCUT2D eigenvalue weighted by molar-refractivity contribution is 5.98. The van der Waals surface area contributed by atoms with Crippen LogP contribution in [-0.4, -0.2) is 88.1 Å². The van der Waals surface area contributed by atoms with E-state index in [0.717, 1.165) is 50.5 Å². The number of aliphatic hydroxyl groups excluding tert-OH is 1. The van der Waals surface area contributed by atoms with Crippen molar-refractivity contribution in [2.45, 2.75) is 126 Å². The van der Waals surface area contributed by atoms with Crippen molar-refractivity contribution < 1.29 is 33.8 Å². The molecule has 0 radical (unpaired) electrons. The number of carbonyl (C=O) groups excluding carboxylic acids is 4. The van der Waals surface area contributed by atoms with E-state index in [1.54, 1.807) is 17.1 Å². The third kappa shape index (κ3) is 7.80. The van der Waals surface area contributed by atoms with E-state index in [2.05, 4.69) is 18.5 Å². The molecule has 10 nitrogen and oxygen atoms in total. The quantitative estimate of drug-likeness (QED) is 0.127. The first kappa shape index (κ1) is 36.8. The lowest BCUT2D eigenvalue weighted by molar-refractivity contribution is -0.162. The van der Waals surface area contributed by atoms with E-state index >= 15 is 0 Å². The van der Waals surface area contributed by atoms with Gasteiger partial charge in [0.15, 0.2) is 0 Å². The Hall–Kier alpha value is -3.50. The van der Waals surface area contributed by atoms with Crippen molar-refractivity contribution in [3.63, 3.8) is 0 Å². The molecule has 3 amide bonds. The average Bonchev–Trinajstić information content (AvgIpc) is 3.76.